The molecule has 3 rings (SSSR count). The van der Waals surface area contributed by atoms with Crippen molar-refractivity contribution in [2.24, 2.45) is 0 Å². The number of aromatic nitrogens is 2. The molecule has 0 spiro atoms. The van der Waals surface area contributed by atoms with Gasteiger partial charge in [-0.05, 0) is 31.3 Å². The lowest BCUT2D eigenvalue weighted by Crippen LogP contribution is -2.31. The highest BCUT2D eigenvalue weighted by Gasteiger charge is 2.28. The number of hydrogen-bond donors (Lipinski definition) is 2. The standard InChI is InChI=1S/C12H15N3O2/c16-12(17)14-9-2-1-8(5-9)11-6-13-7-15(11)10-3-4-10/h1,6-7,9-10,14H,2-5H2,(H,16,17). The summed E-state index contributed by atoms with van der Waals surface area (Å²) in [7, 11) is 0. The molecule has 1 aromatic rings. The fourth-order valence-corrected chi connectivity index (χ4v) is 2.41. The largest absolute Gasteiger partial charge is 0.465 e. The molecule has 1 unspecified atom stereocenters. The first-order chi connectivity index (χ1) is 8.24. The molecule has 0 aliphatic heterocycles. The quantitative estimate of drug-likeness (QED) is 0.839. The minimum atomic E-state index is -0.944. The van der Waals surface area contributed by atoms with E-state index >= 15 is 0 Å². The zero-order valence-corrected chi connectivity index (χ0v) is 9.47. The molecule has 1 fully saturated rings. The van der Waals surface area contributed by atoms with Gasteiger partial charge in [-0.1, -0.05) is 6.08 Å². The third-order valence-corrected chi connectivity index (χ3v) is 3.38. The molecule has 90 valence electrons. The van der Waals surface area contributed by atoms with Crippen LogP contribution < -0.4 is 5.32 Å². The Hall–Kier alpha value is -1.78. The maximum Gasteiger partial charge on any atom is 0.404 e. The van der Waals surface area contributed by atoms with Crippen molar-refractivity contribution in [2.75, 3.05) is 0 Å². The van der Waals surface area contributed by atoms with Crippen LogP contribution in [0.25, 0.3) is 5.57 Å². The molecule has 5 nitrogen and oxygen atoms in total. The maximum absolute atomic E-state index is 10.6. The fraction of sp³-hybridized carbons (Fsp3) is 0.500. The van der Waals surface area contributed by atoms with Crippen LogP contribution in [0, 0.1) is 0 Å². The predicted octanol–water partition coefficient (Wildman–Crippen LogP) is 2.03. The van der Waals surface area contributed by atoms with Gasteiger partial charge in [0.15, 0.2) is 0 Å². The Labute approximate surface area is 99.2 Å². The molecule has 2 N–H and O–H groups in total. The summed E-state index contributed by atoms with van der Waals surface area (Å²) in [6.45, 7) is 0. The van der Waals surface area contributed by atoms with Gasteiger partial charge in [-0.3, -0.25) is 0 Å². The van der Waals surface area contributed by atoms with Crippen LogP contribution in [0.3, 0.4) is 0 Å². The topological polar surface area (TPSA) is 67.2 Å². The van der Waals surface area contributed by atoms with Crippen molar-refractivity contribution in [3.63, 3.8) is 0 Å². The smallest absolute Gasteiger partial charge is 0.404 e. The normalized spacial score (nSPS) is 23.5. The van der Waals surface area contributed by atoms with Crippen molar-refractivity contribution >= 4 is 11.7 Å². The predicted molar refractivity (Wildman–Crippen MR) is 62.7 cm³/mol. The van der Waals surface area contributed by atoms with Gasteiger partial charge in [-0.25, -0.2) is 9.78 Å². The monoisotopic (exact) mass is 233 g/mol. The Morgan fingerprint density at radius 1 is 1.53 bits per heavy atom. The molecule has 17 heavy (non-hydrogen) atoms. The molecule has 2 aliphatic carbocycles. The van der Waals surface area contributed by atoms with Crippen LogP contribution in [0.5, 0.6) is 0 Å². The highest BCUT2D eigenvalue weighted by Crippen LogP contribution is 2.38. The second-order valence-electron chi connectivity index (χ2n) is 4.73. The molecule has 0 bridgehead atoms. The molecule has 1 saturated carbocycles. The number of imidazole rings is 1. The Morgan fingerprint density at radius 2 is 2.35 bits per heavy atom. The summed E-state index contributed by atoms with van der Waals surface area (Å²) < 4.78 is 2.22. The number of carboxylic acid groups (broad SMARTS) is 1. The third kappa shape index (κ3) is 2.05. The highest BCUT2D eigenvalue weighted by molar-refractivity contribution is 5.69. The first-order valence-corrected chi connectivity index (χ1v) is 5.94. The summed E-state index contributed by atoms with van der Waals surface area (Å²) in [6, 6.07) is 0.630. The van der Waals surface area contributed by atoms with Gasteiger partial charge < -0.3 is 15.0 Å². The summed E-state index contributed by atoms with van der Waals surface area (Å²) in [5, 5.41) is 11.2. The van der Waals surface area contributed by atoms with Gasteiger partial charge >= 0.3 is 6.09 Å². The Kier molecular flexibility index (Phi) is 2.39. The fourth-order valence-electron chi connectivity index (χ4n) is 2.41. The van der Waals surface area contributed by atoms with Gasteiger partial charge in [-0.2, -0.15) is 0 Å². The Bertz CT molecular complexity index is 474. The maximum atomic E-state index is 10.6. The lowest BCUT2D eigenvalue weighted by Gasteiger charge is -2.11. The summed E-state index contributed by atoms with van der Waals surface area (Å²) >= 11 is 0. The van der Waals surface area contributed by atoms with Crippen LogP contribution in [0.2, 0.25) is 0 Å². The van der Waals surface area contributed by atoms with E-state index in [1.807, 2.05) is 12.5 Å². The van der Waals surface area contributed by atoms with Crippen LogP contribution in [0.4, 0.5) is 4.79 Å². The van der Waals surface area contributed by atoms with Gasteiger partial charge in [0.05, 0.1) is 18.2 Å². The average Bonchev–Trinajstić information content (AvgIpc) is 2.84. The van der Waals surface area contributed by atoms with Crippen molar-refractivity contribution in [1.29, 1.82) is 0 Å². The van der Waals surface area contributed by atoms with Crippen LogP contribution in [-0.4, -0.2) is 26.8 Å². The minimum Gasteiger partial charge on any atom is -0.465 e. The van der Waals surface area contributed by atoms with E-state index < -0.39 is 6.09 Å². The van der Waals surface area contributed by atoms with E-state index in [0.717, 1.165) is 18.5 Å². The van der Waals surface area contributed by atoms with Gasteiger partial charge in [-0.15, -0.1) is 0 Å². The van der Waals surface area contributed by atoms with Crippen molar-refractivity contribution in [3.8, 4) is 0 Å². The van der Waals surface area contributed by atoms with Crippen LogP contribution in [-0.2, 0) is 0 Å². The molecule has 0 radical (unpaired) electrons. The zero-order chi connectivity index (χ0) is 11.8. The van der Waals surface area contributed by atoms with E-state index in [1.54, 1.807) is 0 Å². The first kappa shape index (κ1) is 10.4. The average molecular weight is 233 g/mol. The number of hydrogen-bond acceptors (Lipinski definition) is 2. The molecule has 1 aromatic heterocycles. The van der Waals surface area contributed by atoms with E-state index in [1.165, 1.54) is 18.4 Å². The molecule has 0 saturated heterocycles. The molecule has 2 aliphatic rings. The lowest BCUT2D eigenvalue weighted by molar-refractivity contribution is 0.190. The first-order valence-electron chi connectivity index (χ1n) is 5.94. The van der Waals surface area contributed by atoms with Crippen LogP contribution >= 0.6 is 0 Å². The van der Waals surface area contributed by atoms with Gasteiger partial charge in [0.25, 0.3) is 0 Å². The van der Waals surface area contributed by atoms with Gasteiger partial charge in [0.1, 0.15) is 0 Å². The number of carbonyl (C=O) groups is 1. The molecule has 1 atom stereocenters. The Balaban J connectivity index is 1.73. The molecule has 1 heterocycles. The van der Waals surface area contributed by atoms with E-state index in [9.17, 15) is 4.79 Å². The van der Waals surface area contributed by atoms with Crippen LogP contribution in [0.1, 0.15) is 37.4 Å². The Morgan fingerprint density at radius 3 is 3.06 bits per heavy atom. The number of nitrogens with zero attached hydrogens (tertiary/aromatic N) is 2. The van der Waals surface area contributed by atoms with E-state index in [2.05, 4.69) is 20.9 Å². The molecular weight excluding hydrogens is 218 g/mol. The zero-order valence-electron chi connectivity index (χ0n) is 9.47. The second kappa shape index (κ2) is 3.91. The SMILES string of the molecule is O=C(O)NC1CC=C(c2cncn2C2CC2)C1. The molecule has 5 heteroatoms. The van der Waals surface area contributed by atoms with E-state index in [4.69, 9.17) is 5.11 Å². The summed E-state index contributed by atoms with van der Waals surface area (Å²) in [6.07, 6.45) is 8.94. The molecular formula is C12H15N3O2. The lowest BCUT2D eigenvalue weighted by atomic mass is 10.1. The third-order valence-electron chi connectivity index (χ3n) is 3.38. The highest BCUT2D eigenvalue weighted by atomic mass is 16.4. The number of amides is 1. The summed E-state index contributed by atoms with van der Waals surface area (Å²) in [5.74, 6) is 0. The van der Waals surface area contributed by atoms with E-state index in [-0.39, 0.29) is 6.04 Å². The van der Waals surface area contributed by atoms with Gasteiger partial charge in [0.2, 0.25) is 0 Å². The number of nitrogens with one attached hydrogen (secondary N) is 1. The summed E-state index contributed by atoms with van der Waals surface area (Å²) in [4.78, 5) is 14.8. The van der Waals surface area contributed by atoms with Crippen molar-refractivity contribution in [2.45, 2.75) is 37.8 Å². The number of rotatable bonds is 3. The second-order valence-corrected chi connectivity index (χ2v) is 4.73. The van der Waals surface area contributed by atoms with Crippen molar-refractivity contribution < 1.29 is 9.90 Å². The molecule has 0 aromatic carbocycles. The van der Waals surface area contributed by atoms with Crippen molar-refractivity contribution in [1.82, 2.24) is 14.9 Å². The van der Waals surface area contributed by atoms with Crippen LogP contribution in [0.15, 0.2) is 18.6 Å². The molecule has 1 amide bonds. The van der Waals surface area contributed by atoms with E-state index in [0.29, 0.717) is 6.04 Å². The van der Waals surface area contributed by atoms with Gasteiger partial charge in [0, 0.05) is 12.1 Å². The minimum absolute atomic E-state index is 0.0186. The van der Waals surface area contributed by atoms with Crippen molar-refractivity contribution in [3.05, 3.63) is 24.3 Å². The summed E-state index contributed by atoms with van der Waals surface area (Å²) in [5.41, 5.74) is 2.37.